The van der Waals surface area contributed by atoms with Crippen LogP contribution in [0.2, 0.25) is 0 Å². The molecule has 3 aromatic carbocycles. The number of sulfonamides is 1. The Hall–Kier alpha value is -3.70. The van der Waals surface area contributed by atoms with Crippen LogP contribution in [0.3, 0.4) is 0 Å². The molecule has 1 heterocycles. The molecule has 0 bridgehead atoms. The second-order valence-electron chi connectivity index (χ2n) is 7.99. The molecule has 0 fully saturated rings. The molecule has 35 heavy (non-hydrogen) atoms. The van der Waals surface area contributed by atoms with Crippen LogP contribution in [0.15, 0.2) is 71.5 Å². The second-order valence-corrected chi connectivity index (χ2v) is 9.85. The number of aryl methyl sites for hydroxylation is 1. The van der Waals surface area contributed by atoms with Crippen LogP contribution in [0.5, 0.6) is 0 Å². The lowest BCUT2D eigenvalue weighted by Crippen LogP contribution is -2.43. The van der Waals surface area contributed by atoms with Crippen molar-refractivity contribution in [2.24, 2.45) is 0 Å². The molecule has 0 saturated carbocycles. The number of halogens is 2. The zero-order valence-electron chi connectivity index (χ0n) is 18.7. The molecule has 0 spiro atoms. The molecule has 4 aromatic rings. The van der Waals surface area contributed by atoms with Crippen molar-refractivity contribution in [2.75, 3.05) is 17.2 Å². The fourth-order valence-corrected chi connectivity index (χ4v) is 5.09. The van der Waals surface area contributed by atoms with Crippen LogP contribution in [0.1, 0.15) is 6.42 Å². The van der Waals surface area contributed by atoms with Gasteiger partial charge >= 0.3 is 0 Å². The predicted molar refractivity (Wildman–Crippen MR) is 128 cm³/mol. The van der Waals surface area contributed by atoms with Crippen LogP contribution in [-0.4, -0.2) is 47.4 Å². The van der Waals surface area contributed by atoms with E-state index in [2.05, 4.69) is 10.3 Å². The molecule has 1 aromatic heterocycles. The highest BCUT2D eigenvalue weighted by Gasteiger charge is 2.27. The molecule has 0 radical (unpaired) electrons. The molecule has 11 heteroatoms. The molecule has 0 saturated heterocycles. The van der Waals surface area contributed by atoms with E-state index in [1.807, 2.05) is 0 Å². The van der Waals surface area contributed by atoms with Crippen LogP contribution in [-0.2, 0) is 16.6 Å². The van der Waals surface area contributed by atoms with E-state index in [1.54, 1.807) is 36.4 Å². The maximum Gasteiger partial charge on any atom is 0.277 e. The van der Waals surface area contributed by atoms with Crippen LogP contribution in [0.4, 0.5) is 14.5 Å². The first kappa shape index (κ1) is 24.4. The largest absolute Gasteiger partial charge is 0.394 e. The van der Waals surface area contributed by atoms with Gasteiger partial charge in [-0.05, 0) is 53.9 Å². The Labute approximate surface area is 200 Å². The van der Waals surface area contributed by atoms with Gasteiger partial charge in [-0.15, -0.1) is 5.10 Å². The van der Waals surface area contributed by atoms with Crippen molar-refractivity contribution in [3.05, 3.63) is 88.7 Å². The van der Waals surface area contributed by atoms with Crippen molar-refractivity contribution in [3.8, 4) is 11.1 Å². The Kier molecular flexibility index (Phi) is 6.90. The SMILES string of the molecule is CS(=O)(=O)N(c1ccc(-c2ccc(F)c(F)c2)cc1)C(CO)CCn1nnc2ccccc2c1=O. The van der Waals surface area contributed by atoms with Gasteiger partial charge < -0.3 is 5.11 Å². The summed E-state index contributed by atoms with van der Waals surface area (Å²) in [5.41, 5.74) is 1.34. The summed E-state index contributed by atoms with van der Waals surface area (Å²) < 4.78 is 54.3. The van der Waals surface area contributed by atoms with Crippen molar-refractivity contribution in [3.63, 3.8) is 0 Å². The molecule has 0 amide bonds. The van der Waals surface area contributed by atoms with Crippen LogP contribution < -0.4 is 9.86 Å². The Balaban J connectivity index is 1.60. The van der Waals surface area contributed by atoms with E-state index in [0.717, 1.165) is 27.4 Å². The molecule has 0 aliphatic heterocycles. The van der Waals surface area contributed by atoms with Crippen LogP contribution in [0, 0.1) is 11.6 Å². The third-order valence-corrected chi connectivity index (χ3v) is 6.80. The maximum absolute atomic E-state index is 13.6. The summed E-state index contributed by atoms with van der Waals surface area (Å²) in [5.74, 6) is -1.95. The van der Waals surface area contributed by atoms with E-state index < -0.39 is 34.3 Å². The number of anilines is 1. The van der Waals surface area contributed by atoms with Gasteiger partial charge in [-0.1, -0.05) is 35.5 Å². The van der Waals surface area contributed by atoms with Crippen LogP contribution in [0.25, 0.3) is 22.0 Å². The Bertz CT molecular complexity index is 1530. The standard InChI is InChI=1S/C24H22F2N4O4S/c1-35(33,34)30(18-9-6-16(7-10-18)17-8-11-21(25)22(26)14-17)19(15-31)12-13-29-24(32)20-4-2-3-5-23(20)27-28-29/h2-11,14,19,31H,12-13,15H2,1H3. The summed E-state index contributed by atoms with van der Waals surface area (Å²) >= 11 is 0. The molecule has 182 valence electrons. The number of aromatic nitrogens is 3. The fourth-order valence-electron chi connectivity index (χ4n) is 3.87. The number of hydrogen-bond donors (Lipinski definition) is 1. The molecule has 1 unspecified atom stereocenters. The van der Waals surface area contributed by atoms with E-state index in [-0.39, 0.29) is 24.2 Å². The Morgan fingerprint density at radius 2 is 1.69 bits per heavy atom. The zero-order valence-corrected chi connectivity index (χ0v) is 19.5. The highest BCUT2D eigenvalue weighted by molar-refractivity contribution is 7.92. The third-order valence-electron chi connectivity index (χ3n) is 5.58. The average molecular weight is 501 g/mol. The lowest BCUT2D eigenvalue weighted by atomic mass is 10.0. The van der Waals surface area contributed by atoms with Crippen molar-refractivity contribution in [1.82, 2.24) is 15.0 Å². The number of nitrogens with zero attached hydrogens (tertiary/aromatic N) is 4. The lowest BCUT2D eigenvalue weighted by Gasteiger charge is -2.30. The quantitative estimate of drug-likeness (QED) is 0.399. The molecule has 4 rings (SSSR count). The smallest absolute Gasteiger partial charge is 0.277 e. The van der Waals surface area contributed by atoms with Crippen molar-refractivity contribution >= 4 is 26.6 Å². The minimum absolute atomic E-state index is 0.0286. The molecule has 0 aliphatic rings. The van der Waals surface area contributed by atoms with Gasteiger partial charge in [0.15, 0.2) is 11.6 Å². The first-order chi connectivity index (χ1) is 16.7. The Morgan fingerprint density at radius 1 is 1.00 bits per heavy atom. The number of aliphatic hydroxyl groups is 1. The summed E-state index contributed by atoms with van der Waals surface area (Å²) in [7, 11) is -3.83. The van der Waals surface area contributed by atoms with E-state index in [0.29, 0.717) is 22.0 Å². The van der Waals surface area contributed by atoms with Crippen molar-refractivity contribution < 1.29 is 22.3 Å². The molecule has 8 nitrogen and oxygen atoms in total. The summed E-state index contributed by atoms with van der Waals surface area (Å²) in [6.45, 7) is -0.478. The third kappa shape index (κ3) is 5.20. The normalized spacial score (nSPS) is 12.6. The minimum atomic E-state index is -3.83. The van der Waals surface area contributed by atoms with Crippen molar-refractivity contribution in [2.45, 2.75) is 19.0 Å². The molecular weight excluding hydrogens is 478 g/mol. The van der Waals surface area contributed by atoms with Gasteiger partial charge in [0, 0.05) is 6.54 Å². The van der Waals surface area contributed by atoms with Gasteiger partial charge in [0.25, 0.3) is 5.56 Å². The fraction of sp³-hybridized carbons (Fsp3) is 0.208. The monoisotopic (exact) mass is 500 g/mol. The van der Waals surface area contributed by atoms with Gasteiger partial charge in [-0.25, -0.2) is 21.9 Å². The van der Waals surface area contributed by atoms with Gasteiger partial charge in [-0.2, -0.15) is 0 Å². The number of rotatable bonds is 8. The average Bonchev–Trinajstić information content (AvgIpc) is 2.84. The van der Waals surface area contributed by atoms with E-state index >= 15 is 0 Å². The first-order valence-electron chi connectivity index (χ1n) is 10.7. The highest BCUT2D eigenvalue weighted by Crippen LogP contribution is 2.27. The van der Waals surface area contributed by atoms with Crippen LogP contribution >= 0.6 is 0 Å². The topological polar surface area (TPSA) is 105 Å². The van der Waals surface area contributed by atoms with Gasteiger partial charge in [-0.3, -0.25) is 9.10 Å². The second kappa shape index (κ2) is 9.88. The lowest BCUT2D eigenvalue weighted by molar-refractivity contribution is 0.255. The molecule has 1 N–H and O–H groups in total. The highest BCUT2D eigenvalue weighted by atomic mass is 32.2. The predicted octanol–water partition coefficient (Wildman–Crippen LogP) is 2.95. The first-order valence-corrected chi connectivity index (χ1v) is 12.5. The minimum Gasteiger partial charge on any atom is -0.394 e. The molecular formula is C24H22F2N4O4S. The summed E-state index contributed by atoms with van der Waals surface area (Å²) in [5, 5.41) is 18.3. The number of fused-ring (bicyclic) bond motifs is 1. The summed E-state index contributed by atoms with van der Waals surface area (Å²) in [6.07, 6.45) is 1.10. The number of aliphatic hydroxyl groups excluding tert-OH is 1. The molecule has 0 aliphatic carbocycles. The van der Waals surface area contributed by atoms with E-state index in [9.17, 15) is 27.1 Å². The molecule has 1 atom stereocenters. The summed E-state index contributed by atoms with van der Waals surface area (Å²) in [6, 6.07) is 15.5. The van der Waals surface area contributed by atoms with E-state index in [4.69, 9.17) is 0 Å². The Morgan fingerprint density at radius 3 is 2.34 bits per heavy atom. The zero-order chi connectivity index (χ0) is 25.2. The number of benzene rings is 3. The van der Waals surface area contributed by atoms with Gasteiger partial charge in [0.2, 0.25) is 10.0 Å². The number of hydrogen-bond acceptors (Lipinski definition) is 6. The van der Waals surface area contributed by atoms with E-state index in [1.165, 1.54) is 18.2 Å². The van der Waals surface area contributed by atoms with Crippen molar-refractivity contribution in [1.29, 1.82) is 0 Å². The van der Waals surface area contributed by atoms with Gasteiger partial charge in [0.1, 0.15) is 5.52 Å². The van der Waals surface area contributed by atoms with Gasteiger partial charge in [0.05, 0.1) is 30.0 Å². The summed E-state index contributed by atoms with van der Waals surface area (Å²) in [4.78, 5) is 12.7. The maximum atomic E-state index is 13.6.